The third kappa shape index (κ3) is 5.96. The Bertz CT molecular complexity index is 386. The van der Waals surface area contributed by atoms with Crippen molar-refractivity contribution in [2.75, 3.05) is 33.2 Å². The van der Waals surface area contributed by atoms with Gasteiger partial charge in [0.2, 0.25) is 0 Å². The van der Waals surface area contributed by atoms with Crippen LogP contribution in [0, 0.1) is 5.92 Å². The molecule has 2 heterocycles. The minimum absolute atomic E-state index is 0.168. The van der Waals surface area contributed by atoms with Gasteiger partial charge in [0.15, 0.2) is 0 Å². The number of likely N-dealkylation sites (tertiary alicyclic amines) is 2. The van der Waals surface area contributed by atoms with Crippen molar-refractivity contribution in [3.05, 3.63) is 0 Å². The van der Waals surface area contributed by atoms with Crippen LogP contribution in [0.1, 0.15) is 53.4 Å². The Morgan fingerprint density at radius 3 is 2.39 bits per heavy atom. The summed E-state index contributed by atoms with van der Waals surface area (Å²) in [6.07, 6.45) is 4.48. The molecule has 0 bridgehead atoms. The lowest BCUT2D eigenvalue weighted by Gasteiger charge is -2.39. The van der Waals surface area contributed by atoms with Gasteiger partial charge in [-0.05, 0) is 86.0 Å². The zero-order chi connectivity index (χ0) is 17.0. The standard InChI is InChI=1S/C18H35N3O2/c1-14-12-16(19-13-15-6-9-20(5)10-7-15)8-11-21(14)17(22)23-18(2,3)4/h14-16,19H,6-13H2,1-5H3. The first-order chi connectivity index (χ1) is 10.7. The molecule has 1 N–H and O–H groups in total. The van der Waals surface area contributed by atoms with Crippen molar-refractivity contribution >= 4 is 6.09 Å². The van der Waals surface area contributed by atoms with E-state index in [0.717, 1.165) is 31.8 Å². The van der Waals surface area contributed by atoms with E-state index < -0.39 is 5.60 Å². The van der Waals surface area contributed by atoms with Crippen LogP contribution in [0.4, 0.5) is 4.79 Å². The van der Waals surface area contributed by atoms with Gasteiger partial charge in [-0.1, -0.05) is 0 Å². The second kappa shape index (κ2) is 7.84. The maximum atomic E-state index is 12.2. The van der Waals surface area contributed by atoms with E-state index in [4.69, 9.17) is 4.74 Å². The van der Waals surface area contributed by atoms with Crippen LogP contribution in [-0.4, -0.2) is 66.8 Å². The van der Waals surface area contributed by atoms with Gasteiger partial charge >= 0.3 is 6.09 Å². The molecular weight excluding hydrogens is 290 g/mol. The van der Waals surface area contributed by atoms with Gasteiger partial charge in [-0.2, -0.15) is 0 Å². The number of ether oxygens (including phenoxy) is 1. The average molecular weight is 325 g/mol. The Hall–Kier alpha value is -0.810. The number of rotatable bonds is 3. The fourth-order valence-corrected chi connectivity index (χ4v) is 3.55. The van der Waals surface area contributed by atoms with Crippen LogP contribution in [0.2, 0.25) is 0 Å². The highest BCUT2D eigenvalue weighted by Gasteiger charge is 2.31. The molecule has 2 fully saturated rings. The van der Waals surface area contributed by atoms with Gasteiger partial charge in [-0.15, -0.1) is 0 Å². The highest BCUT2D eigenvalue weighted by molar-refractivity contribution is 5.68. The molecule has 1 amide bonds. The van der Waals surface area contributed by atoms with Gasteiger partial charge in [-0.3, -0.25) is 0 Å². The highest BCUT2D eigenvalue weighted by atomic mass is 16.6. The van der Waals surface area contributed by atoms with Crippen LogP contribution in [0.15, 0.2) is 0 Å². The molecule has 5 nitrogen and oxygen atoms in total. The summed E-state index contributed by atoms with van der Waals surface area (Å²) >= 11 is 0. The van der Waals surface area contributed by atoms with Gasteiger partial charge in [0, 0.05) is 18.6 Å². The monoisotopic (exact) mass is 325 g/mol. The van der Waals surface area contributed by atoms with Gasteiger partial charge in [0.25, 0.3) is 0 Å². The Balaban J connectivity index is 1.72. The van der Waals surface area contributed by atoms with Crippen molar-refractivity contribution < 1.29 is 9.53 Å². The second-order valence-electron chi connectivity index (χ2n) is 8.40. The second-order valence-corrected chi connectivity index (χ2v) is 8.40. The van der Waals surface area contributed by atoms with Crippen molar-refractivity contribution in [3.8, 4) is 0 Å². The van der Waals surface area contributed by atoms with E-state index in [-0.39, 0.29) is 12.1 Å². The molecule has 2 saturated heterocycles. The van der Waals surface area contributed by atoms with Gasteiger partial charge in [0.05, 0.1) is 0 Å². The van der Waals surface area contributed by atoms with Gasteiger partial charge < -0.3 is 19.9 Å². The van der Waals surface area contributed by atoms with Crippen molar-refractivity contribution in [1.82, 2.24) is 15.1 Å². The Kier molecular flexibility index (Phi) is 6.32. The minimum Gasteiger partial charge on any atom is -0.444 e. The number of nitrogens with one attached hydrogen (secondary N) is 1. The molecule has 0 radical (unpaired) electrons. The molecule has 0 aromatic carbocycles. The van der Waals surface area contributed by atoms with E-state index in [1.807, 2.05) is 25.7 Å². The minimum atomic E-state index is -0.417. The first-order valence-electron chi connectivity index (χ1n) is 9.16. The molecule has 2 rings (SSSR count). The van der Waals surface area contributed by atoms with Crippen LogP contribution in [-0.2, 0) is 4.74 Å². The highest BCUT2D eigenvalue weighted by Crippen LogP contribution is 2.22. The molecule has 2 aliphatic heterocycles. The first kappa shape index (κ1) is 18.5. The predicted molar refractivity (Wildman–Crippen MR) is 93.6 cm³/mol. The zero-order valence-corrected chi connectivity index (χ0v) is 15.6. The SMILES string of the molecule is CC1CC(NCC2CCN(C)CC2)CCN1C(=O)OC(C)(C)C. The van der Waals surface area contributed by atoms with E-state index in [1.54, 1.807) is 0 Å². The van der Waals surface area contributed by atoms with Crippen LogP contribution < -0.4 is 5.32 Å². The summed E-state index contributed by atoms with van der Waals surface area (Å²) < 4.78 is 5.51. The lowest BCUT2D eigenvalue weighted by Crippen LogP contribution is -2.51. The van der Waals surface area contributed by atoms with Crippen LogP contribution in [0.3, 0.4) is 0 Å². The average Bonchev–Trinajstić information content (AvgIpc) is 2.45. The number of piperidine rings is 2. The molecule has 2 unspecified atom stereocenters. The summed E-state index contributed by atoms with van der Waals surface area (Å²) in [5.74, 6) is 0.811. The predicted octanol–water partition coefficient (Wildman–Crippen LogP) is 2.71. The summed E-state index contributed by atoms with van der Waals surface area (Å²) in [5, 5.41) is 3.75. The molecule has 0 aromatic heterocycles. The Morgan fingerprint density at radius 2 is 1.83 bits per heavy atom. The fraction of sp³-hybridized carbons (Fsp3) is 0.944. The third-order valence-corrected chi connectivity index (χ3v) is 5.04. The van der Waals surface area contributed by atoms with Gasteiger partial charge in [-0.25, -0.2) is 4.79 Å². The Morgan fingerprint density at radius 1 is 1.17 bits per heavy atom. The molecule has 0 aliphatic carbocycles. The molecule has 23 heavy (non-hydrogen) atoms. The Labute approximate surface area is 141 Å². The van der Waals surface area contributed by atoms with Crippen LogP contribution in [0.25, 0.3) is 0 Å². The summed E-state index contributed by atoms with van der Waals surface area (Å²) in [6.45, 7) is 12.3. The van der Waals surface area contributed by atoms with E-state index in [0.29, 0.717) is 6.04 Å². The van der Waals surface area contributed by atoms with Crippen molar-refractivity contribution in [2.24, 2.45) is 5.92 Å². The first-order valence-corrected chi connectivity index (χ1v) is 9.16. The number of amides is 1. The van der Waals surface area contributed by atoms with E-state index in [1.165, 1.54) is 25.9 Å². The largest absolute Gasteiger partial charge is 0.444 e. The quantitative estimate of drug-likeness (QED) is 0.866. The summed E-state index contributed by atoms with van der Waals surface area (Å²) in [5.41, 5.74) is -0.417. The number of carbonyl (C=O) groups is 1. The van der Waals surface area contributed by atoms with E-state index in [9.17, 15) is 4.79 Å². The lowest BCUT2D eigenvalue weighted by molar-refractivity contribution is 0.00917. The number of hydrogen-bond acceptors (Lipinski definition) is 4. The molecular formula is C18H35N3O2. The number of nitrogens with zero attached hydrogens (tertiary/aromatic N) is 2. The molecule has 134 valence electrons. The van der Waals surface area contributed by atoms with Crippen molar-refractivity contribution in [1.29, 1.82) is 0 Å². The van der Waals surface area contributed by atoms with E-state index in [2.05, 4.69) is 24.2 Å². The van der Waals surface area contributed by atoms with Crippen LogP contribution >= 0.6 is 0 Å². The molecule has 0 spiro atoms. The van der Waals surface area contributed by atoms with Gasteiger partial charge in [0.1, 0.15) is 5.60 Å². The fourth-order valence-electron chi connectivity index (χ4n) is 3.55. The van der Waals surface area contributed by atoms with Crippen molar-refractivity contribution in [3.63, 3.8) is 0 Å². The molecule has 0 saturated carbocycles. The topological polar surface area (TPSA) is 44.8 Å². The molecule has 5 heteroatoms. The number of hydrogen-bond donors (Lipinski definition) is 1. The van der Waals surface area contributed by atoms with E-state index >= 15 is 0 Å². The molecule has 0 aromatic rings. The summed E-state index contributed by atoms with van der Waals surface area (Å²) in [4.78, 5) is 16.5. The molecule has 2 atom stereocenters. The number of carbonyl (C=O) groups excluding carboxylic acids is 1. The smallest absolute Gasteiger partial charge is 0.410 e. The lowest BCUT2D eigenvalue weighted by atomic mass is 9.94. The maximum Gasteiger partial charge on any atom is 0.410 e. The van der Waals surface area contributed by atoms with Crippen molar-refractivity contribution in [2.45, 2.75) is 71.1 Å². The zero-order valence-electron chi connectivity index (χ0n) is 15.6. The normalized spacial score (nSPS) is 28.0. The molecule has 2 aliphatic rings. The summed E-state index contributed by atoms with van der Waals surface area (Å²) in [7, 11) is 2.21. The summed E-state index contributed by atoms with van der Waals surface area (Å²) in [6, 6.07) is 0.775. The maximum absolute atomic E-state index is 12.2. The third-order valence-electron chi connectivity index (χ3n) is 5.04. The van der Waals surface area contributed by atoms with Crippen LogP contribution in [0.5, 0.6) is 0 Å².